The smallest absolute Gasteiger partial charge is 0.317 e. The molecular weight excluding hydrogens is 250 g/mol. The molecule has 2 rings (SSSR count). The molecule has 2 N–H and O–H groups in total. The minimum atomic E-state index is -0.842. The standard InChI is InChI=1S/C11H17N5O3/c1-15-7-13-14-9(15)5-12-11(19)16-4-2-3-8(6-16)10(17)18/h7-8H,2-6H2,1H3,(H,12,19)(H,17,18). The van der Waals surface area contributed by atoms with Gasteiger partial charge in [0.25, 0.3) is 0 Å². The lowest BCUT2D eigenvalue weighted by Gasteiger charge is -2.30. The number of piperidine rings is 1. The third kappa shape index (κ3) is 3.21. The molecule has 104 valence electrons. The molecule has 0 radical (unpaired) electrons. The van der Waals surface area contributed by atoms with Gasteiger partial charge >= 0.3 is 12.0 Å². The lowest BCUT2D eigenvalue weighted by molar-refractivity contribution is -0.143. The van der Waals surface area contributed by atoms with Gasteiger partial charge in [0.15, 0.2) is 5.82 Å². The predicted molar refractivity (Wildman–Crippen MR) is 65.2 cm³/mol. The number of aliphatic carboxylic acids is 1. The van der Waals surface area contributed by atoms with Gasteiger partial charge in [-0.05, 0) is 12.8 Å². The second-order valence-electron chi connectivity index (χ2n) is 4.64. The van der Waals surface area contributed by atoms with Gasteiger partial charge in [-0.2, -0.15) is 0 Å². The van der Waals surface area contributed by atoms with Crippen LogP contribution in [0.2, 0.25) is 0 Å². The van der Waals surface area contributed by atoms with Crippen LogP contribution in [0, 0.1) is 5.92 Å². The first-order valence-corrected chi connectivity index (χ1v) is 6.16. The summed E-state index contributed by atoms with van der Waals surface area (Å²) < 4.78 is 1.72. The Kier molecular flexibility index (Phi) is 3.98. The van der Waals surface area contributed by atoms with Gasteiger partial charge in [0.05, 0.1) is 12.5 Å². The number of aryl methyl sites for hydroxylation is 1. The summed E-state index contributed by atoms with van der Waals surface area (Å²) in [5.74, 6) is -0.653. The Morgan fingerprint density at radius 1 is 1.58 bits per heavy atom. The molecule has 0 aromatic carbocycles. The zero-order valence-electron chi connectivity index (χ0n) is 10.7. The van der Waals surface area contributed by atoms with Crippen molar-refractivity contribution in [2.45, 2.75) is 19.4 Å². The molecule has 2 heterocycles. The van der Waals surface area contributed by atoms with Crippen LogP contribution in [0.4, 0.5) is 4.79 Å². The molecule has 1 fully saturated rings. The Morgan fingerprint density at radius 3 is 3.00 bits per heavy atom. The van der Waals surface area contributed by atoms with E-state index >= 15 is 0 Å². The number of likely N-dealkylation sites (tertiary alicyclic amines) is 1. The van der Waals surface area contributed by atoms with Crippen molar-refractivity contribution in [3.8, 4) is 0 Å². The molecule has 0 aliphatic carbocycles. The van der Waals surface area contributed by atoms with Gasteiger partial charge < -0.3 is 19.9 Å². The molecule has 1 aliphatic heterocycles. The van der Waals surface area contributed by atoms with E-state index in [4.69, 9.17) is 5.11 Å². The third-order valence-electron chi connectivity index (χ3n) is 3.26. The number of nitrogens with zero attached hydrogens (tertiary/aromatic N) is 4. The van der Waals surface area contributed by atoms with Gasteiger partial charge in [-0.1, -0.05) is 0 Å². The van der Waals surface area contributed by atoms with Crippen molar-refractivity contribution in [1.82, 2.24) is 25.0 Å². The number of rotatable bonds is 3. The molecule has 1 aromatic rings. The largest absolute Gasteiger partial charge is 0.481 e. The van der Waals surface area contributed by atoms with Crippen LogP contribution >= 0.6 is 0 Å². The highest BCUT2D eigenvalue weighted by atomic mass is 16.4. The van der Waals surface area contributed by atoms with Crippen LogP contribution in [0.25, 0.3) is 0 Å². The van der Waals surface area contributed by atoms with Crippen LogP contribution in [0.1, 0.15) is 18.7 Å². The van der Waals surface area contributed by atoms with E-state index < -0.39 is 11.9 Å². The van der Waals surface area contributed by atoms with Crippen molar-refractivity contribution in [3.63, 3.8) is 0 Å². The van der Waals surface area contributed by atoms with Gasteiger partial charge in [-0.25, -0.2) is 4.79 Å². The summed E-state index contributed by atoms with van der Waals surface area (Å²) in [4.78, 5) is 24.4. The van der Waals surface area contributed by atoms with E-state index in [1.807, 2.05) is 0 Å². The molecular formula is C11H17N5O3. The molecule has 0 bridgehead atoms. The Morgan fingerprint density at radius 2 is 2.37 bits per heavy atom. The first-order valence-electron chi connectivity index (χ1n) is 6.16. The Balaban J connectivity index is 1.86. The number of nitrogens with one attached hydrogen (secondary N) is 1. The summed E-state index contributed by atoms with van der Waals surface area (Å²) >= 11 is 0. The highest BCUT2D eigenvalue weighted by Gasteiger charge is 2.28. The highest BCUT2D eigenvalue weighted by molar-refractivity contribution is 5.76. The maximum atomic E-state index is 11.9. The number of carboxylic acid groups (broad SMARTS) is 1. The summed E-state index contributed by atoms with van der Waals surface area (Å²) in [6.45, 7) is 1.14. The number of carbonyl (C=O) groups excluding carboxylic acids is 1. The summed E-state index contributed by atoms with van der Waals surface area (Å²) in [6, 6.07) is -0.256. The molecule has 0 spiro atoms. The monoisotopic (exact) mass is 267 g/mol. The van der Waals surface area contributed by atoms with E-state index in [-0.39, 0.29) is 19.1 Å². The molecule has 19 heavy (non-hydrogen) atoms. The van der Waals surface area contributed by atoms with Crippen molar-refractivity contribution >= 4 is 12.0 Å². The van der Waals surface area contributed by atoms with Crippen LogP contribution in [0.3, 0.4) is 0 Å². The summed E-state index contributed by atoms with van der Waals surface area (Å²) in [5, 5.41) is 19.3. The molecule has 1 saturated heterocycles. The lowest BCUT2D eigenvalue weighted by atomic mass is 9.99. The SMILES string of the molecule is Cn1cnnc1CNC(=O)N1CCCC(C(=O)O)C1. The number of urea groups is 1. The van der Waals surface area contributed by atoms with E-state index in [1.165, 1.54) is 0 Å². The molecule has 8 nitrogen and oxygen atoms in total. The van der Waals surface area contributed by atoms with Crippen molar-refractivity contribution in [2.75, 3.05) is 13.1 Å². The molecule has 1 aromatic heterocycles. The number of carboxylic acids is 1. The van der Waals surface area contributed by atoms with E-state index in [9.17, 15) is 9.59 Å². The van der Waals surface area contributed by atoms with E-state index in [0.29, 0.717) is 25.2 Å². The van der Waals surface area contributed by atoms with Crippen molar-refractivity contribution in [3.05, 3.63) is 12.2 Å². The number of amides is 2. The Bertz CT molecular complexity index is 473. The van der Waals surface area contributed by atoms with E-state index in [0.717, 1.165) is 0 Å². The first-order chi connectivity index (χ1) is 9.08. The predicted octanol–water partition coefficient (Wildman–Crippen LogP) is -0.179. The van der Waals surface area contributed by atoms with E-state index in [2.05, 4.69) is 15.5 Å². The highest BCUT2D eigenvalue weighted by Crippen LogP contribution is 2.16. The fraction of sp³-hybridized carbons (Fsp3) is 0.636. The molecule has 0 saturated carbocycles. The number of carbonyl (C=O) groups is 2. The Hall–Kier alpha value is -2.12. The van der Waals surface area contributed by atoms with E-state index in [1.54, 1.807) is 22.8 Å². The average Bonchev–Trinajstić information content (AvgIpc) is 2.81. The average molecular weight is 267 g/mol. The lowest BCUT2D eigenvalue weighted by Crippen LogP contribution is -2.47. The number of aromatic nitrogens is 3. The maximum absolute atomic E-state index is 11.9. The second-order valence-corrected chi connectivity index (χ2v) is 4.64. The molecule has 1 unspecified atom stereocenters. The van der Waals surface area contributed by atoms with Crippen molar-refractivity contribution in [1.29, 1.82) is 0 Å². The van der Waals surface area contributed by atoms with Crippen LogP contribution < -0.4 is 5.32 Å². The molecule has 8 heteroatoms. The van der Waals surface area contributed by atoms with Crippen molar-refractivity contribution in [2.24, 2.45) is 13.0 Å². The van der Waals surface area contributed by atoms with Gasteiger partial charge in [-0.15, -0.1) is 10.2 Å². The first kappa shape index (κ1) is 13.3. The summed E-state index contributed by atoms with van der Waals surface area (Å²) in [5.41, 5.74) is 0. The van der Waals surface area contributed by atoms with Crippen LogP contribution in [-0.4, -0.2) is 49.9 Å². The fourth-order valence-corrected chi connectivity index (χ4v) is 2.10. The number of hydrogen-bond donors (Lipinski definition) is 2. The third-order valence-corrected chi connectivity index (χ3v) is 3.26. The zero-order chi connectivity index (χ0) is 13.8. The second kappa shape index (κ2) is 5.68. The van der Waals surface area contributed by atoms with Crippen LogP contribution in [0.5, 0.6) is 0 Å². The van der Waals surface area contributed by atoms with Gasteiger partial charge in [0.1, 0.15) is 6.33 Å². The van der Waals surface area contributed by atoms with Gasteiger partial charge in [0, 0.05) is 20.1 Å². The minimum Gasteiger partial charge on any atom is -0.481 e. The van der Waals surface area contributed by atoms with Gasteiger partial charge in [-0.3, -0.25) is 4.79 Å². The summed E-state index contributed by atoms with van der Waals surface area (Å²) in [6.07, 6.45) is 2.90. The number of hydrogen-bond acceptors (Lipinski definition) is 4. The normalized spacial score (nSPS) is 19.2. The maximum Gasteiger partial charge on any atom is 0.317 e. The van der Waals surface area contributed by atoms with Crippen LogP contribution in [-0.2, 0) is 18.4 Å². The summed E-state index contributed by atoms with van der Waals surface area (Å²) in [7, 11) is 1.79. The van der Waals surface area contributed by atoms with Gasteiger partial charge in [0.2, 0.25) is 0 Å². The molecule has 1 aliphatic rings. The topological polar surface area (TPSA) is 100 Å². The minimum absolute atomic E-state index is 0.256. The van der Waals surface area contributed by atoms with Crippen molar-refractivity contribution < 1.29 is 14.7 Å². The quantitative estimate of drug-likeness (QED) is 0.791. The molecule has 2 amide bonds. The Labute approximate surface area is 110 Å². The van der Waals surface area contributed by atoms with Crippen LogP contribution in [0.15, 0.2) is 6.33 Å². The fourth-order valence-electron chi connectivity index (χ4n) is 2.10. The molecule has 1 atom stereocenters. The zero-order valence-corrected chi connectivity index (χ0v) is 10.7.